The maximum absolute atomic E-state index is 12.4. The van der Waals surface area contributed by atoms with E-state index >= 15 is 0 Å². The predicted octanol–water partition coefficient (Wildman–Crippen LogP) is 0.609. The van der Waals surface area contributed by atoms with Crippen molar-refractivity contribution >= 4 is 17.6 Å². The van der Waals surface area contributed by atoms with E-state index < -0.39 is 17.9 Å². The Morgan fingerprint density at radius 2 is 1.68 bits per heavy atom. The Labute approximate surface area is 128 Å². The van der Waals surface area contributed by atoms with Gasteiger partial charge in [0.2, 0.25) is 11.8 Å². The van der Waals surface area contributed by atoms with Gasteiger partial charge < -0.3 is 0 Å². The highest BCUT2D eigenvalue weighted by atomic mass is 16.2. The molecule has 0 aliphatic carbocycles. The topological polar surface area (TPSA) is 57.7 Å². The highest BCUT2D eigenvalue weighted by Crippen LogP contribution is 2.45. The molecule has 0 N–H and O–H groups in total. The summed E-state index contributed by atoms with van der Waals surface area (Å²) in [6.45, 7) is 0.573. The van der Waals surface area contributed by atoms with Gasteiger partial charge in [0.25, 0.3) is 0 Å². The average Bonchev–Trinajstić information content (AvgIpc) is 2.88. The van der Waals surface area contributed by atoms with Crippen LogP contribution in [-0.4, -0.2) is 46.5 Å². The highest BCUT2D eigenvalue weighted by Gasteiger charge is 2.63. The van der Waals surface area contributed by atoms with Gasteiger partial charge >= 0.3 is 0 Å². The molecule has 3 aliphatic rings. The van der Waals surface area contributed by atoms with Crippen LogP contribution in [0.1, 0.15) is 5.56 Å². The molecule has 4 rings (SSSR count). The fourth-order valence-electron chi connectivity index (χ4n) is 4.01. The highest BCUT2D eigenvalue weighted by molar-refractivity contribution is 6.11. The second kappa shape index (κ2) is 4.61. The van der Waals surface area contributed by atoms with Gasteiger partial charge in [0.05, 0.1) is 17.9 Å². The molecule has 1 aromatic carbocycles. The number of nitrogens with zero attached hydrogens (tertiary/aromatic N) is 2. The van der Waals surface area contributed by atoms with Crippen molar-refractivity contribution in [1.29, 1.82) is 0 Å². The predicted molar refractivity (Wildman–Crippen MR) is 78.5 cm³/mol. The van der Waals surface area contributed by atoms with E-state index in [9.17, 15) is 14.4 Å². The molecule has 2 saturated heterocycles. The molecule has 5 heteroatoms. The molecule has 4 unspecified atom stereocenters. The zero-order chi connectivity index (χ0) is 15.4. The van der Waals surface area contributed by atoms with E-state index in [0.717, 1.165) is 5.56 Å². The first-order valence-corrected chi connectivity index (χ1v) is 7.43. The first-order valence-electron chi connectivity index (χ1n) is 7.43. The second-order valence-electron chi connectivity index (χ2n) is 6.14. The van der Waals surface area contributed by atoms with E-state index in [1.807, 2.05) is 35.2 Å². The number of fused-ring (bicyclic) bond motifs is 5. The maximum atomic E-state index is 12.4. The Morgan fingerprint density at radius 1 is 1.00 bits per heavy atom. The molecular formula is C17H16N2O3. The minimum atomic E-state index is -0.534. The number of amides is 2. The molecule has 2 amide bonds. The Bertz CT molecular complexity index is 697. The largest absolute Gasteiger partial charge is 0.293 e. The number of carbonyl (C=O) groups excluding carboxylic acids is 3. The summed E-state index contributed by atoms with van der Waals surface area (Å²) in [5, 5.41) is 0. The Morgan fingerprint density at radius 3 is 2.41 bits per heavy atom. The summed E-state index contributed by atoms with van der Waals surface area (Å²) in [4.78, 5) is 40.3. The van der Waals surface area contributed by atoms with Crippen molar-refractivity contribution in [3.8, 4) is 0 Å². The van der Waals surface area contributed by atoms with Gasteiger partial charge in [-0.2, -0.15) is 0 Å². The van der Waals surface area contributed by atoms with Gasteiger partial charge in [-0.1, -0.05) is 36.4 Å². The summed E-state index contributed by atoms with van der Waals surface area (Å²) in [5.41, 5.74) is 1.08. The number of ketones is 1. The molecule has 3 heterocycles. The van der Waals surface area contributed by atoms with Gasteiger partial charge in [-0.3, -0.25) is 24.2 Å². The molecule has 0 aromatic heterocycles. The van der Waals surface area contributed by atoms with Crippen LogP contribution in [-0.2, 0) is 20.9 Å². The maximum Gasteiger partial charge on any atom is 0.234 e. The van der Waals surface area contributed by atoms with Crippen molar-refractivity contribution in [2.45, 2.75) is 18.6 Å². The number of imide groups is 1. The average molecular weight is 296 g/mol. The molecule has 5 nitrogen and oxygen atoms in total. The van der Waals surface area contributed by atoms with Crippen molar-refractivity contribution in [2.75, 3.05) is 7.05 Å². The summed E-state index contributed by atoms with van der Waals surface area (Å²) in [6, 6.07) is 9.14. The van der Waals surface area contributed by atoms with Crippen LogP contribution in [0.5, 0.6) is 0 Å². The van der Waals surface area contributed by atoms with Crippen LogP contribution in [0.25, 0.3) is 0 Å². The normalized spacial score (nSPS) is 33.7. The lowest BCUT2D eigenvalue weighted by Crippen LogP contribution is -2.48. The standard InChI is InChI=1S/C17H16N2O3/c1-18-16(21)13-11-7-8-12(20)15(14(13)17(18)22)19(11)9-10-5-3-2-4-6-10/h2-8,11,13-15H,9H2,1H3. The van der Waals surface area contributed by atoms with E-state index in [0.29, 0.717) is 6.54 Å². The molecule has 4 atom stereocenters. The summed E-state index contributed by atoms with van der Waals surface area (Å²) in [5.74, 6) is -1.42. The summed E-state index contributed by atoms with van der Waals surface area (Å²) < 4.78 is 0. The van der Waals surface area contributed by atoms with Crippen LogP contribution in [0.3, 0.4) is 0 Å². The molecule has 112 valence electrons. The third-order valence-corrected chi connectivity index (χ3v) is 5.02. The van der Waals surface area contributed by atoms with Crippen molar-refractivity contribution in [1.82, 2.24) is 9.80 Å². The van der Waals surface area contributed by atoms with Crippen LogP contribution >= 0.6 is 0 Å². The summed E-state index contributed by atoms with van der Waals surface area (Å²) in [7, 11) is 1.51. The minimum absolute atomic E-state index is 0.0730. The fraction of sp³-hybridized carbons (Fsp3) is 0.353. The van der Waals surface area contributed by atoms with Gasteiger partial charge in [-0.15, -0.1) is 0 Å². The van der Waals surface area contributed by atoms with E-state index in [1.54, 1.807) is 6.08 Å². The van der Waals surface area contributed by atoms with Gasteiger partial charge in [0, 0.05) is 19.6 Å². The SMILES string of the molecule is CN1C(=O)C2C(C1=O)C1C(=O)C=CC2N1Cc1ccccc1. The lowest BCUT2D eigenvalue weighted by Gasteiger charge is -2.32. The fourth-order valence-corrected chi connectivity index (χ4v) is 4.01. The van der Waals surface area contributed by atoms with Crippen LogP contribution in [0, 0.1) is 11.8 Å². The smallest absolute Gasteiger partial charge is 0.234 e. The van der Waals surface area contributed by atoms with E-state index in [1.165, 1.54) is 18.0 Å². The minimum Gasteiger partial charge on any atom is -0.293 e. The van der Waals surface area contributed by atoms with Gasteiger partial charge in [0.15, 0.2) is 5.78 Å². The first kappa shape index (κ1) is 13.4. The third kappa shape index (κ3) is 1.66. The monoisotopic (exact) mass is 296 g/mol. The molecule has 2 fully saturated rings. The van der Waals surface area contributed by atoms with Crippen molar-refractivity contribution in [2.24, 2.45) is 11.8 Å². The Kier molecular flexibility index (Phi) is 2.81. The molecule has 0 spiro atoms. The third-order valence-electron chi connectivity index (χ3n) is 5.02. The molecule has 2 bridgehead atoms. The number of benzene rings is 1. The van der Waals surface area contributed by atoms with Crippen LogP contribution < -0.4 is 0 Å². The zero-order valence-electron chi connectivity index (χ0n) is 12.2. The second-order valence-corrected chi connectivity index (χ2v) is 6.14. The Hall–Kier alpha value is -2.27. The lowest BCUT2D eigenvalue weighted by atomic mass is 9.90. The van der Waals surface area contributed by atoms with Crippen molar-refractivity contribution < 1.29 is 14.4 Å². The number of likely N-dealkylation sites (tertiary alicyclic amines) is 1. The van der Waals surface area contributed by atoms with Gasteiger partial charge in [-0.25, -0.2) is 0 Å². The number of carbonyl (C=O) groups is 3. The summed E-state index contributed by atoms with van der Waals surface area (Å²) in [6.07, 6.45) is 3.33. The van der Waals surface area contributed by atoms with E-state index in [-0.39, 0.29) is 23.6 Å². The van der Waals surface area contributed by atoms with Crippen LogP contribution in [0.4, 0.5) is 0 Å². The molecule has 3 aliphatic heterocycles. The van der Waals surface area contributed by atoms with Crippen LogP contribution in [0.2, 0.25) is 0 Å². The quantitative estimate of drug-likeness (QED) is 0.750. The van der Waals surface area contributed by atoms with Crippen molar-refractivity contribution in [3.05, 3.63) is 48.0 Å². The number of rotatable bonds is 2. The van der Waals surface area contributed by atoms with E-state index in [2.05, 4.69) is 0 Å². The number of hydrogen-bond acceptors (Lipinski definition) is 4. The zero-order valence-corrected chi connectivity index (χ0v) is 12.2. The van der Waals surface area contributed by atoms with E-state index in [4.69, 9.17) is 0 Å². The van der Waals surface area contributed by atoms with Gasteiger partial charge in [-0.05, 0) is 11.6 Å². The first-order chi connectivity index (χ1) is 10.6. The molecule has 22 heavy (non-hydrogen) atoms. The summed E-state index contributed by atoms with van der Waals surface area (Å²) >= 11 is 0. The molecule has 0 saturated carbocycles. The molecular weight excluding hydrogens is 280 g/mol. The molecule has 1 aromatic rings. The molecule has 0 radical (unpaired) electrons. The van der Waals surface area contributed by atoms with Crippen LogP contribution in [0.15, 0.2) is 42.5 Å². The van der Waals surface area contributed by atoms with Crippen molar-refractivity contribution in [3.63, 3.8) is 0 Å². The van der Waals surface area contributed by atoms with Gasteiger partial charge in [0.1, 0.15) is 0 Å². The number of hydrogen-bond donors (Lipinski definition) is 0. The Balaban J connectivity index is 1.73. The lowest BCUT2D eigenvalue weighted by molar-refractivity contribution is -0.141.